The van der Waals surface area contributed by atoms with Crippen molar-refractivity contribution in [1.82, 2.24) is 0 Å². The first-order valence-electron chi connectivity index (χ1n) is 4.80. The van der Waals surface area contributed by atoms with Crippen molar-refractivity contribution in [2.75, 3.05) is 0 Å². The van der Waals surface area contributed by atoms with Crippen LogP contribution < -0.4 is 4.74 Å². The smallest absolute Gasteiger partial charge is 0.380 e. The second kappa shape index (κ2) is 4.94. The predicted molar refractivity (Wildman–Crippen MR) is 67.6 cm³/mol. The van der Waals surface area contributed by atoms with Gasteiger partial charge in [0.05, 0.1) is 5.02 Å². The van der Waals surface area contributed by atoms with Gasteiger partial charge in [-0.2, -0.15) is 0 Å². The first kappa shape index (κ1) is 12.2. The van der Waals surface area contributed by atoms with E-state index in [4.69, 9.17) is 20.8 Å². The number of aryl methyl sites for hydroxylation is 1. The van der Waals surface area contributed by atoms with Crippen LogP contribution in [0.2, 0.25) is 5.02 Å². The Morgan fingerprint density at radius 3 is 2.71 bits per heavy atom. The molecule has 0 bridgehead atoms. The van der Waals surface area contributed by atoms with Gasteiger partial charge in [-0.15, -0.1) is 0 Å². The maximum Gasteiger partial charge on any atom is 0.380 e. The standard InChI is InChI=1S/C12H8BrClO3/c1-7-6-10(13)17-11(7)12(15)16-9-5-3-2-4-8(9)14/h2-6H,1H3. The number of furan rings is 1. The van der Waals surface area contributed by atoms with E-state index in [1.165, 1.54) is 0 Å². The van der Waals surface area contributed by atoms with Crippen molar-refractivity contribution in [2.24, 2.45) is 0 Å². The molecule has 0 aliphatic rings. The zero-order valence-corrected chi connectivity index (χ0v) is 11.2. The van der Waals surface area contributed by atoms with Gasteiger partial charge in [-0.25, -0.2) is 4.79 Å². The number of halogens is 2. The zero-order valence-electron chi connectivity index (χ0n) is 8.87. The highest BCUT2D eigenvalue weighted by atomic mass is 79.9. The Labute approximate surface area is 111 Å². The average molecular weight is 316 g/mol. The molecule has 0 saturated heterocycles. The van der Waals surface area contributed by atoms with Gasteiger partial charge in [0.1, 0.15) is 5.75 Å². The van der Waals surface area contributed by atoms with Gasteiger partial charge in [0.2, 0.25) is 5.76 Å². The summed E-state index contributed by atoms with van der Waals surface area (Å²) in [7, 11) is 0. The molecule has 2 aromatic rings. The van der Waals surface area contributed by atoms with Gasteiger partial charge in [0.25, 0.3) is 0 Å². The molecule has 0 aliphatic heterocycles. The lowest BCUT2D eigenvalue weighted by atomic mass is 10.3. The lowest BCUT2D eigenvalue weighted by Gasteiger charge is -2.04. The van der Waals surface area contributed by atoms with Gasteiger partial charge in [-0.3, -0.25) is 0 Å². The Morgan fingerprint density at radius 1 is 1.41 bits per heavy atom. The van der Waals surface area contributed by atoms with Crippen LogP contribution in [0, 0.1) is 6.92 Å². The number of carbonyl (C=O) groups excluding carboxylic acids is 1. The molecule has 0 atom stereocenters. The Kier molecular flexibility index (Phi) is 3.54. The van der Waals surface area contributed by atoms with Crippen molar-refractivity contribution in [2.45, 2.75) is 6.92 Å². The van der Waals surface area contributed by atoms with E-state index in [1.54, 1.807) is 37.3 Å². The van der Waals surface area contributed by atoms with E-state index >= 15 is 0 Å². The minimum Gasteiger partial charge on any atom is -0.442 e. The summed E-state index contributed by atoms with van der Waals surface area (Å²) in [6.45, 7) is 1.76. The molecule has 0 aliphatic carbocycles. The Hall–Kier alpha value is -1.26. The van der Waals surface area contributed by atoms with Gasteiger partial charge >= 0.3 is 5.97 Å². The van der Waals surface area contributed by atoms with Gasteiger partial charge < -0.3 is 9.15 Å². The summed E-state index contributed by atoms with van der Waals surface area (Å²) in [4.78, 5) is 11.8. The molecule has 0 unspecified atom stereocenters. The lowest BCUT2D eigenvalue weighted by molar-refractivity contribution is 0.0699. The van der Waals surface area contributed by atoms with Crippen molar-refractivity contribution in [3.63, 3.8) is 0 Å². The van der Waals surface area contributed by atoms with Crippen LogP contribution in [0.1, 0.15) is 16.1 Å². The summed E-state index contributed by atoms with van der Waals surface area (Å²) in [5, 5.41) is 0.379. The quantitative estimate of drug-likeness (QED) is 0.615. The molecule has 0 spiro atoms. The van der Waals surface area contributed by atoms with Crippen molar-refractivity contribution in [3.8, 4) is 5.75 Å². The fraction of sp³-hybridized carbons (Fsp3) is 0.0833. The monoisotopic (exact) mass is 314 g/mol. The first-order chi connectivity index (χ1) is 8.08. The molecule has 0 N–H and O–H groups in total. The molecular weight excluding hydrogens is 307 g/mol. The van der Waals surface area contributed by atoms with Crippen LogP contribution in [0.15, 0.2) is 39.4 Å². The highest BCUT2D eigenvalue weighted by molar-refractivity contribution is 9.10. The molecule has 3 nitrogen and oxygen atoms in total. The van der Waals surface area contributed by atoms with E-state index in [2.05, 4.69) is 15.9 Å². The minimum absolute atomic E-state index is 0.164. The van der Waals surface area contributed by atoms with Gasteiger partial charge in [-0.1, -0.05) is 23.7 Å². The third-order valence-corrected chi connectivity index (χ3v) is 2.82. The normalized spacial score (nSPS) is 10.3. The summed E-state index contributed by atoms with van der Waals surface area (Å²) in [6.07, 6.45) is 0. The molecule has 17 heavy (non-hydrogen) atoms. The Morgan fingerprint density at radius 2 is 2.12 bits per heavy atom. The van der Waals surface area contributed by atoms with Crippen molar-refractivity contribution >= 4 is 33.5 Å². The molecule has 0 amide bonds. The molecule has 5 heteroatoms. The molecule has 1 aromatic heterocycles. The van der Waals surface area contributed by atoms with E-state index in [1.807, 2.05) is 0 Å². The number of rotatable bonds is 2. The predicted octanol–water partition coefficient (Wildman–Crippen LogP) is 4.22. The number of para-hydroxylation sites is 1. The van der Waals surface area contributed by atoms with E-state index in [0.717, 1.165) is 0 Å². The maximum atomic E-state index is 11.8. The van der Waals surface area contributed by atoms with Crippen LogP contribution >= 0.6 is 27.5 Å². The van der Waals surface area contributed by atoms with Crippen LogP contribution in [0.4, 0.5) is 0 Å². The third-order valence-electron chi connectivity index (χ3n) is 2.11. The summed E-state index contributed by atoms with van der Waals surface area (Å²) in [6, 6.07) is 8.46. The Bertz CT molecular complexity index is 563. The van der Waals surface area contributed by atoms with E-state index in [9.17, 15) is 4.79 Å². The second-order valence-corrected chi connectivity index (χ2v) is 4.57. The number of hydrogen-bond acceptors (Lipinski definition) is 3. The molecule has 1 aromatic carbocycles. The summed E-state index contributed by atoms with van der Waals surface area (Å²) < 4.78 is 10.8. The fourth-order valence-corrected chi connectivity index (χ4v) is 2.00. The van der Waals surface area contributed by atoms with E-state index < -0.39 is 5.97 Å². The summed E-state index contributed by atoms with van der Waals surface area (Å²) in [5.74, 6) is -0.0933. The van der Waals surface area contributed by atoms with Crippen molar-refractivity contribution < 1.29 is 13.9 Å². The molecule has 88 valence electrons. The molecule has 2 rings (SSSR count). The average Bonchev–Trinajstić information content (AvgIpc) is 2.61. The topological polar surface area (TPSA) is 39.4 Å². The third kappa shape index (κ3) is 2.70. The van der Waals surface area contributed by atoms with Crippen molar-refractivity contribution in [3.05, 3.63) is 51.3 Å². The first-order valence-corrected chi connectivity index (χ1v) is 5.97. The Balaban J connectivity index is 2.23. The molecular formula is C12H8BrClO3. The van der Waals surface area contributed by atoms with Crippen LogP contribution in [-0.4, -0.2) is 5.97 Å². The van der Waals surface area contributed by atoms with Crippen LogP contribution in [0.25, 0.3) is 0 Å². The number of carbonyl (C=O) groups is 1. The largest absolute Gasteiger partial charge is 0.442 e. The van der Waals surface area contributed by atoms with Crippen LogP contribution in [0.3, 0.4) is 0 Å². The van der Waals surface area contributed by atoms with Crippen molar-refractivity contribution in [1.29, 1.82) is 0 Å². The number of ether oxygens (including phenoxy) is 1. The van der Waals surface area contributed by atoms with E-state index in [0.29, 0.717) is 21.0 Å². The zero-order chi connectivity index (χ0) is 12.4. The maximum absolute atomic E-state index is 11.8. The molecule has 0 saturated carbocycles. The molecule has 1 heterocycles. The number of esters is 1. The summed E-state index contributed by atoms with van der Waals surface area (Å²) in [5.41, 5.74) is 0.703. The SMILES string of the molecule is Cc1cc(Br)oc1C(=O)Oc1ccccc1Cl. The van der Waals surface area contributed by atoms with Crippen LogP contribution in [0.5, 0.6) is 5.75 Å². The molecule has 0 radical (unpaired) electrons. The van der Waals surface area contributed by atoms with Crippen LogP contribution in [-0.2, 0) is 0 Å². The second-order valence-electron chi connectivity index (χ2n) is 3.38. The number of benzene rings is 1. The highest BCUT2D eigenvalue weighted by Gasteiger charge is 2.18. The fourth-order valence-electron chi connectivity index (χ4n) is 1.32. The highest BCUT2D eigenvalue weighted by Crippen LogP contribution is 2.26. The van der Waals surface area contributed by atoms with Gasteiger partial charge in [-0.05, 0) is 41.1 Å². The van der Waals surface area contributed by atoms with Gasteiger partial charge in [0, 0.05) is 5.56 Å². The number of hydrogen-bond donors (Lipinski definition) is 0. The van der Waals surface area contributed by atoms with E-state index in [-0.39, 0.29) is 5.76 Å². The lowest BCUT2D eigenvalue weighted by Crippen LogP contribution is -2.08. The summed E-state index contributed by atoms with van der Waals surface area (Å²) >= 11 is 9.03. The minimum atomic E-state index is -0.568. The molecule has 0 fully saturated rings. The van der Waals surface area contributed by atoms with Gasteiger partial charge in [0.15, 0.2) is 4.67 Å².